The Bertz CT molecular complexity index is 797. The molecule has 1 saturated carbocycles. The zero-order chi connectivity index (χ0) is 18.3. The highest BCUT2D eigenvalue weighted by Crippen LogP contribution is 2.35. The third-order valence-corrected chi connectivity index (χ3v) is 6.00. The van der Waals surface area contributed by atoms with E-state index in [4.69, 9.17) is 5.10 Å². The van der Waals surface area contributed by atoms with Gasteiger partial charge in [0.1, 0.15) is 5.69 Å². The summed E-state index contributed by atoms with van der Waals surface area (Å²) in [5.74, 6) is 0.150. The first-order chi connectivity index (χ1) is 12.5. The standard InChI is InChI=1S/C22H29N3O/c1-4-16-10-12-17(13-11-16)19-14-20-21(26)25(18-8-6-5-7-9-18)22(2,3)15-24(20)23-19/h10-14,18H,4-9,15H2,1-3H3. The Labute approximate surface area is 156 Å². The smallest absolute Gasteiger partial charge is 0.272 e. The average Bonchev–Trinajstić information content (AvgIpc) is 3.05. The monoisotopic (exact) mass is 351 g/mol. The molecule has 2 aliphatic rings. The molecule has 138 valence electrons. The molecule has 1 aliphatic carbocycles. The summed E-state index contributed by atoms with van der Waals surface area (Å²) in [5, 5.41) is 4.77. The lowest BCUT2D eigenvalue weighted by Crippen LogP contribution is -2.59. The molecule has 1 amide bonds. The van der Waals surface area contributed by atoms with Gasteiger partial charge in [-0.1, -0.05) is 50.5 Å². The zero-order valence-corrected chi connectivity index (χ0v) is 16.2. The van der Waals surface area contributed by atoms with Gasteiger partial charge in [0.15, 0.2) is 0 Å². The highest BCUT2D eigenvalue weighted by atomic mass is 16.2. The Morgan fingerprint density at radius 3 is 2.46 bits per heavy atom. The van der Waals surface area contributed by atoms with Gasteiger partial charge in [-0.2, -0.15) is 5.10 Å². The van der Waals surface area contributed by atoms with Crippen molar-refractivity contribution < 1.29 is 4.79 Å². The molecule has 4 heteroatoms. The molecule has 0 saturated heterocycles. The van der Waals surface area contributed by atoms with Crippen LogP contribution < -0.4 is 0 Å². The first kappa shape index (κ1) is 17.3. The number of fused-ring (bicyclic) bond motifs is 1. The molecule has 4 rings (SSSR count). The van der Waals surface area contributed by atoms with E-state index in [1.54, 1.807) is 0 Å². The van der Waals surface area contributed by atoms with E-state index in [1.807, 2.05) is 10.7 Å². The molecule has 26 heavy (non-hydrogen) atoms. The second-order valence-electron chi connectivity index (χ2n) is 8.40. The highest BCUT2D eigenvalue weighted by Gasteiger charge is 2.43. The summed E-state index contributed by atoms with van der Waals surface area (Å²) in [6.07, 6.45) is 7.07. The fourth-order valence-electron chi connectivity index (χ4n) is 4.60. The summed E-state index contributed by atoms with van der Waals surface area (Å²) in [6.45, 7) is 7.28. The third kappa shape index (κ3) is 2.95. The molecule has 0 atom stereocenters. The molecule has 0 spiro atoms. The highest BCUT2D eigenvalue weighted by molar-refractivity contribution is 5.95. The second-order valence-corrected chi connectivity index (χ2v) is 8.40. The molecule has 1 aliphatic heterocycles. The number of amides is 1. The normalized spacial score (nSPS) is 20.3. The summed E-state index contributed by atoms with van der Waals surface area (Å²) in [6, 6.07) is 10.9. The minimum Gasteiger partial charge on any atom is -0.327 e. The van der Waals surface area contributed by atoms with E-state index in [9.17, 15) is 4.79 Å². The van der Waals surface area contributed by atoms with Gasteiger partial charge in [-0.25, -0.2) is 0 Å². The molecule has 0 bridgehead atoms. The number of hydrogen-bond donors (Lipinski definition) is 0. The largest absolute Gasteiger partial charge is 0.327 e. The van der Waals surface area contributed by atoms with E-state index in [-0.39, 0.29) is 11.4 Å². The van der Waals surface area contributed by atoms with Crippen LogP contribution in [0, 0.1) is 0 Å². The van der Waals surface area contributed by atoms with E-state index < -0.39 is 0 Å². The Balaban J connectivity index is 1.67. The molecule has 1 aromatic heterocycles. The molecule has 0 N–H and O–H groups in total. The summed E-state index contributed by atoms with van der Waals surface area (Å²) in [5.41, 5.74) is 3.85. The van der Waals surface area contributed by atoms with Crippen molar-refractivity contribution in [3.8, 4) is 11.3 Å². The predicted octanol–water partition coefficient (Wildman–Crippen LogP) is 4.68. The fourth-order valence-corrected chi connectivity index (χ4v) is 4.60. The van der Waals surface area contributed by atoms with Crippen molar-refractivity contribution in [3.05, 3.63) is 41.6 Å². The Kier molecular flexibility index (Phi) is 4.37. The lowest BCUT2D eigenvalue weighted by atomic mass is 9.88. The van der Waals surface area contributed by atoms with Crippen LogP contribution in [0.3, 0.4) is 0 Å². The average molecular weight is 351 g/mol. The van der Waals surface area contributed by atoms with Gasteiger partial charge in [-0.15, -0.1) is 0 Å². The molecular weight excluding hydrogens is 322 g/mol. The summed E-state index contributed by atoms with van der Waals surface area (Å²) in [7, 11) is 0. The van der Waals surface area contributed by atoms with E-state index in [0.717, 1.165) is 42.8 Å². The van der Waals surface area contributed by atoms with E-state index in [1.165, 1.54) is 24.8 Å². The predicted molar refractivity (Wildman–Crippen MR) is 104 cm³/mol. The molecule has 0 unspecified atom stereocenters. The topological polar surface area (TPSA) is 38.1 Å². The van der Waals surface area contributed by atoms with Gasteiger partial charge in [0.25, 0.3) is 5.91 Å². The van der Waals surface area contributed by atoms with Crippen LogP contribution in [0.15, 0.2) is 30.3 Å². The Morgan fingerprint density at radius 1 is 1.12 bits per heavy atom. The van der Waals surface area contributed by atoms with Crippen LogP contribution in [-0.4, -0.2) is 32.2 Å². The first-order valence-electron chi connectivity index (χ1n) is 10.0. The van der Waals surface area contributed by atoms with Crippen molar-refractivity contribution >= 4 is 5.91 Å². The van der Waals surface area contributed by atoms with E-state index >= 15 is 0 Å². The first-order valence-corrected chi connectivity index (χ1v) is 10.0. The fraction of sp³-hybridized carbons (Fsp3) is 0.545. The third-order valence-electron chi connectivity index (χ3n) is 6.00. The molecule has 1 fully saturated rings. The van der Waals surface area contributed by atoms with Crippen LogP contribution in [0.4, 0.5) is 0 Å². The molecule has 2 heterocycles. The van der Waals surface area contributed by atoms with Crippen molar-refractivity contribution in [3.63, 3.8) is 0 Å². The molecular formula is C22H29N3O. The number of hydrogen-bond acceptors (Lipinski definition) is 2. The summed E-state index contributed by atoms with van der Waals surface area (Å²) < 4.78 is 1.92. The van der Waals surface area contributed by atoms with Crippen molar-refractivity contribution in [2.75, 3.05) is 0 Å². The SMILES string of the molecule is CCc1ccc(-c2cc3n(n2)CC(C)(C)N(C2CCCCC2)C3=O)cc1. The lowest BCUT2D eigenvalue weighted by Gasteiger charge is -2.47. The van der Waals surface area contributed by atoms with Crippen LogP contribution in [0.5, 0.6) is 0 Å². The van der Waals surface area contributed by atoms with Crippen molar-refractivity contribution in [2.45, 2.75) is 77.4 Å². The van der Waals surface area contributed by atoms with Crippen molar-refractivity contribution in [1.29, 1.82) is 0 Å². The summed E-state index contributed by atoms with van der Waals surface area (Å²) >= 11 is 0. The maximum absolute atomic E-state index is 13.3. The van der Waals surface area contributed by atoms with Crippen LogP contribution >= 0.6 is 0 Å². The van der Waals surface area contributed by atoms with Gasteiger partial charge in [0.05, 0.1) is 17.8 Å². The van der Waals surface area contributed by atoms with E-state index in [2.05, 4.69) is 49.9 Å². The number of nitrogens with zero attached hydrogens (tertiary/aromatic N) is 3. The van der Waals surface area contributed by atoms with Crippen LogP contribution in [0.1, 0.15) is 68.9 Å². The van der Waals surface area contributed by atoms with Crippen LogP contribution in [-0.2, 0) is 13.0 Å². The van der Waals surface area contributed by atoms with Crippen LogP contribution in [0.2, 0.25) is 0 Å². The van der Waals surface area contributed by atoms with Gasteiger partial charge >= 0.3 is 0 Å². The Hall–Kier alpha value is -2.10. The molecule has 0 radical (unpaired) electrons. The van der Waals surface area contributed by atoms with Gasteiger partial charge in [0.2, 0.25) is 0 Å². The number of benzene rings is 1. The number of rotatable bonds is 3. The number of carbonyl (C=O) groups excluding carboxylic acids is 1. The lowest BCUT2D eigenvalue weighted by molar-refractivity contribution is 0.0148. The second kappa shape index (κ2) is 6.57. The van der Waals surface area contributed by atoms with E-state index in [0.29, 0.717) is 6.04 Å². The summed E-state index contributed by atoms with van der Waals surface area (Å²) in [4.78, 5) is 15.5. The molecule has 2 aromatic rings. The Morgan fingerprint density at radius 2 is 1.81 bits per heavy atom. The minimum absolute atomic E-state index is 0.150. The van der Waals surface area contributed by atoms with Gasteiger partial charge in [-0.05, 0) is 44.7 Å². The van der Waals surface area contributed by atoms with Crippen LogP contribution in [0.25, 0.3) is 11.3 Å². The number of aromatic nitrogens is 2. The van der Waals surface area contributed by atoms with Crippen molar-refractivity contribution in [2.24, 2.45) is 0 Å². The number of carbonyl (C=O) groups is 1. The minimum atomic E-state index is -0.193. The van der Waals surface area contributed by atoms with Gasteiger partial charge < -0.3 is 4.90 Å². The van der Waals surface area contributed by atoms with Gasteiger partial charge in [0, 0.05) is 11.6 Å². The maximum Gasteiger partial charge on any atom is 0.272 e. The number of aryl methyl sites for hydroxylation is 1. The molecule has 1 aromatic carbocycles. The quantitative estimate of drug-likeness (QED) is 0.805. The van der Waals surface area contributed by atoms with Gasteiger partial charge in [-0.3, -0.25) is 9.48 Å². The maximum atomic E-state index is 13.3. The molecule has 4 nitrogen and oxygen atoms in total. The zero-order valence-electron chi connectivity index (χ0n) is 16.2. The van der Waals surface area contributed by atoms with Crippen molar-refractivity contribution in [1.82, 2.24) is 14.7 Å².